The SMILES string of the molecule is Cc1cc(F)ccc1Oc1cc(C2CC2)c(C(F)(F)F)cc1C(=O)Nc1ccc(F)c(-c2cn[nH]c2)c1. The maximum atomic E-state index is 14.3. The van der Waals surface area contributed by atoms with Crippen molar-refractivity contribution in [2.75, 3.05) is 5.32 Å². The van der Waals surface area contributed by atoms with Gasteiger partial charge in [0.2, 0.25) is 0 Å². The van der Waals surface area contributed by atoms with Crippen molar-refractivity contribution in [2.24, 2.45) is 0 Å². The molecular weight excluding hydrogens is 493 g/mol. The standard InChI is InChI=1S/C27H20F5N3O2/c1-14-8-17(28)4-7-24(14)37-25-11-19(15-2-3-15)22(27(30,31)32)10-21(25)26(36)35-18-5-6-23(29)20(9-18)16-12-33-34-13-16/h4-13,15H,2-3H2,1H3,(H,33,34)(H,35,36). The van der Waals surface area contributed by atoms with E-state index in [-0.39, 0.29) is 39.8 Å². The summed E-state index contributed by atoms with van der Waals surface area (Å²) in [5.41, 5.74) is -0.101. The number of aryl methyl sites for hydroxylation is 1. The highest BCUT2D eigenvalue weighted by atomic mass is 19.4. The van der Waals surface area contributed by atoms with E-state index in [0.717, 1.165) is 18.2 Å². The van der Waals surface area contributed by atoms with Gasteiger partial charge in [-0.1, -0.05) is 0 Å². The van der Waals surface area contributed by atoms with Gasteiger partial charge in [0.1, 0.15) is 23.1 Å². The number of hydrogen-bond acceptors (Lipinski definition) is 3. The predicted molar refractivity (Wildman–Crippen MR) is 127 cm³/mol. The number of amides is 1. The van der Waals surface area contributed by atoms with Crippen molar-refractivity contribution in [2.45, 2.75) is 31.9 Å². The van der Waals surface area contributed by atoms with Crippen LogP contribution in [0.15, 0.2) is 60.9 Å². The van der Waals surface area contributed by atoms with Crippen LogP contribution in [0.2, 0.25) is 0 Å². The van der Waals surface area contributed by atoms with Crippen LogP contribution in [0.4, 0.5) is 27.6 Å². The second-order valence-corrected chi connectivity index (χ2v) is 8.86. The molecule has 0 saturated heterocycles. The first kappa shape index (κ1) is 24.5. The third-order valence-electron chi connectivity index (χ3n) is 6.11. The maximum Gasteiger partial charge on any atom is 0.416 e. The molecule has 190 valence electrons. The number of hydrogen-bond donors (Lipinski definition) is 2. The van der Waals surface area contributed by atoms with Crippen molar-refractivity contribution in [3.63, 3.8) is 0 Å². The first-order valence-corrected chi connectivity index (χ1v) is 11.4. The minimum atomic E-state index is -4.69. The highest BCUT2D eigenvalue weighted by molar-refractivity contribution is 6.06. The number of benzene rings is 3. The molecule has 10 heteroatoms. The van der Waals surface area contributed by atoms with E-state index in [1.165, 1.54) is 42.7 Å². The van der Waals surface area contributed by atoms with Gasteiger partial charge < -0.3 is 10.1 Å². The first-order valence-electron chi connectivity index (χ1n) is 11.4. The Balaban J connectivity index is 1.56. The van der Waals surface area contributed by atoms with Crippen LogP contribution < -0.4 is 10.1 Å². The molecule has 1 aliphatic rings. The van der Waals surface area contributed by atoms with Crippen molar-refractivity contribution in [1.82, 2.24) is 10.2 Å². The summed E-state index contributed by atoms with van der Waals surface area (Å²) < 4.78 is 75.7. The Morgan fingerprint density at radius 3 is 2.49 bits per heavy atom. The lowest BCUT2D eigenvalue weighted by atomic mass is 9.98. The normalized spacial score (nSPS) is 13.5. The quantitative estimate of drug-likeness (QED) is 0.261. The van der Waals surface area contributed by atoms with E-state index < -0.39 is 29.3 Å². The highest BCUT2D eigenvalue weighted by Gasteiger charge is 2.40. The Morgan fingerprint density at radius 2 is 1.84 bits per heavy atom. The number of H-pyrrole nitrogens is 1. The molecule has 1 fully saturated rings. The van der Waals surface area contributed by atoms with Crippen LogP contribution in [0.25, 0.3) is 11.1 Å². The third kappa shape index (κ3) is 5.18. The third-order valence-corrected chi connectivity index (χ3v) is 6.11. The van der Waals surface area contributed by atoms with Gasteiger partial charge in [-0.2, -0.15) is 18.3 Å². The van der Waals surface area contributed by atoms with E-state index in [4.69, 9.17) is 4.74 Å². The van der Waals surface area contributed by atoms with E-state index in [0.29, 0.717) is 24.0 Å². The Bertz CT molecular complexity index is 1480. The number of carbonyl (C=O) groups is 1. The molecule has 0 unspecified atom stereocenters. The number of halogens is 5. The van der Waals surface area contributed by atoms with Crippen LogP contribution in [-0.2, 0) is 6.18 Å². The molecule has 1 aromatic heterocycles. The van der Waals surface area contributed by atoms with Gasteiger partial charge in [-0.25, -0.2) is 8.78 Å². The first-order chi connectivity index (χ1) is 17.6. The fraction of sp³-hybridized carbons (Fsp3) is 0.185. The molecule has 0 atom stereocenters. The fourth-order valence-corrected chi connectivity index (χ4v) is 4.10. The molecule has 1 saturated carbocycles. The second-order valence-electron chi connectivity index (χ2n) is 8.86. The number of carbonyl (C=O) groups excluding carboxylic acids is 1. The summed E-state index contributed by atoms with van der Waals surface area (Å²) in [6.45, 7) is 1.58. The molecule has 5 rings (SSSR count). The Morgan fingerprint density at radius 1 is 1.05 bits per heavy atom. The van der Waals surface area contributed by atoms with Gasteiger partial charge >= 0.3 is 6.18 Å². The van der Waals surface area contributed by atoms with E-state index in [1.807, 2.05) is 0 Å². The summed E-state index contributed by atoms with van der Waals surface area (Å²) in [5.74, 6) is -2.14. The van der Waals surface area contributed by atoms with Crippen LogP contribution in [0.1, 0.15) is 45.8 Å². The molecular formula is C27H20F5N3O2. The van der Waals surface area contributed by atoms with Gasteiger partial charge in [0.15, 0.2) is 0 Å². The van der Waals surface area contributed by atoms with Crippen molar-refractivity contribution in [3.8, 4) is 22.6 Å². The molecule has 5 nitrogen and oxygen atoms in total. The van der Waals surface area contributed by atoms with E-state index >= 15 is 0 Å². The van der Waals surface area contributed by atoms with Crippen LogP contribution >= 0.6 is 0 Å². The van der Waals surface area contributed by atoms with Gasteiger partial charge in [-0.05, 0) is 85.3 Å². The fourth-order valence-electron chi connectivity index (χ4n) is 4.10. The van der Waals surface area contributed by atoms with Crippen molar-refractivity contribution >= 4 is 11.6 Å². The molecule has 2 N–H and O–H groups in total. The monoisotopic (exact) mass is 513 g/mol. The summed E-state index contributed by atoms with van der Waals surface area (Å²) in [6, 6.07) is 9.52. The molecule has 37 heavy (non-hydrogen) atoms. The molecule has 0 bridgehead atoms. The van der Waals surface area contributed by atoms with Crippen LogP contribution in [-0.4, -0.2) is 16.1 Å². The average molecular weight is 513 g/mol. The zero-order valence-corrected chi connectivity index (χ0v) is 19.4. The zero-order valence-electron chi connectivity index (χ0n) is 19.4. The maximum absolute atomic E-state index is 14.3. The van der Waals surface area contributed by atoms with Crippen molar-refractivity contribution in [3.05, 3.63) is 94.8 Å². The minimum Gasteiger partial charge on any atom is -0.456 e. The van der Waals surface area contributed by atoms with Gasteiger partial charge in [0.25, 0.3) is 5.91 Å². The van der Waals surface area contributed by atoms with E-state index in [9.17, 15) is 26.7 Å². The van der Waals surface area contributed by atoms with Gasteiger partial charge in [-0.15, -0.1) is 0 Å². The van der Waals surface area contributed by atoms with E-state index in [2.05, 4.69) is 15.5 Å². The van der Waals surface area contributed by atoms with Crippen LogP contribution in [0.3, 0.4) is 0 Å². The Kier molecular flexibility index (Phi) is 6.18. The van der Waals surface area contributed by atoms with Gasteiger partial charge in [-0.3, -0.25) is 9.89 Å². The number of nitrogens with zero attached hydrogens (tertiary/aromatic N) is 1. The number of alkyl halides is 3. The summed E-state index contributed by atoms with van der Waals surface area (Å²) in [6.07, 6.45) is -0.645. The van der Waals surface area contributed by atoms with Gasteiger partial charge in [0.05, 0.1) is 17.3 Å². The van der Waals surface area contributed by atoms with Crippen LogP contribution in [0.5, 0.6) is 11.5 Å². The molecule has 1 aliphatic carbocycles. The highest BCUT2D eigenvalue weighted by Crippen LogP contribution is 2.48. The smallest absolute Gasteiger partial charge is 0.416 e. The summed E-state index contributed by atoms with van der Waals surface area (Å²) in [5, 5.41) is 8.88. The zero-order chi connectivity index (χ0) is 26.3. The Labute approximate surface area is 208 Å². The molecule has 1 heterocycles. The van der Waals surface area contributed by atoms with Crippen LogP contribution in [0, 0.1) is 18.6 Å². The molecule has 0 spiro atoms. The number of nitrogens with one attached hydrogen (secondary N) is 2. The summed E-state index contributed by atoms with van der Waals surface area (Å²) in [7, 11) is 0. The lowest BCUT2D eigenvalue weighted by Crippen LogP contribution is -2.17. The molecule has 0 aliphatic heterocycles. The lowest BCUT2D eigenvalue weighted by molar-refractivity contribution is -0.138. The average Bonchev–Trinajstić information content (AvgIpc) is 3.55. The number of aromatic nitrogens is 2. The largest absolute Gasteiger partial charge is 0.456 e. The number of rotatable bonds is 6. The molecule has 3 aromatic carbocycles. The van der Waals surface area contributed by atoms with Crippen molar-refractivity contribution < 1.29 is 31.5 Å². The predicted octanol–water partition coefficient (Wildman–Crippen LogP) is 7.60. The van der Waals surface area contributed by atoms with E-state index in [1.54, 1.807) is 6.92 Å². The minimum absolute atomic E-state index is 0.0443. The van der Waals surface area contributed by atoms with Gasteiger partial charge in [0, 0.05) is 23.0 Å². The lowest BCUT2D eigenvalue weighted by Gasteiger charge is -2.19. The Hall–Kier alpha value is -4.21. The molecule has 1 amide bonds. The number of ether oxygens (including phenoxy) is 1. The number of aromatic amines is 1. The number of anilines is 1. The topological polar surface area (TPSA) is 67.0 Å². The summed E-state index contributed by atoms with van der Waals surface area (Å²) >= 11 is 0. The molecule has 4 aromatic rings. The summed E-state index contributed by atoms with van der Waals surface area (Å²) in [4.78, 5) is 13.3. The molecule has 0 radical (unpaired) electrons. The second kappa shape index (κ2) is 9.34. The van der Waals surface area contributed by atoms with Crippen molar-refractivity contribution in [1.29, 1.82) is 0 Å².